The molecule has 2 fully saturated rings. The molecule has 4 rings (SSSR count). The minimum Gasteiger partial charge on any atom is -0.352 e. The predicted octanol–water partition coefficient (Wildman–Crippen LogP) is 4.18. The highest BCUT2D eigenvalue weighted by atomic mass is 35.5. The maximum Gasteiger partial charge on any atom is 0.224 e. The number of piperidine rings is 2. The van der Waals surface area contributed by atoms with Crippen LogP contribution in [0.15, 0.2) is 48.5 Å². The van der Waals surface area contributed by atoms with Gasteiger partial charge in [0.15, 0.2) is 0 Å². The summed E-state index contributed by atoms with van der Waals surface area (Å²) in [6.07, 6.45) is 5.19. The molecule has 0 saturated carbocycles. The standard InChI is InChI=1S/C26H34ClN3O3S/c27-25-12-10-21(11-13-25)20-34(32,33)30-16-6-9-24(19-30)26(31)28-17-22-7-2-3-8-23(22)18-29-14-4-1-5-15-29/h2-3,7-8,10-13,24H,1,4-6,9,14-20H2,(H,28,31)/t24-/m0/s1. The van der Waals surface area contributed by atoms with Gasteiger partial charge in [-0.05, 0) is 67.6 Å². The normalized spacial score (nSPS) is 20.2. The zero-order valence-electron chi connectivity index (χ0n) is 19.6. The van der Waals surface area contributed by atoms with Crippen LogP contribution in [-0.4, -0.2) is 49.7 Å². The summed E-state index contributed by atoms with van der Waals surface area (Å²) in [6.45, 7) is 4.32. The first-order valence-electron chi connectivity index (χ1n) is 12.2. The van der Waals surface area contributed by atoms with Gasteiger partial charge >= 0.3 is 0 Å². The monoisotopic (exact) mass is 503 g/mol. The lowest BCUT2D eigenvalue weighted by molar-refractivity contribution is -0.126. The summed E-state index contributed by atoms with van der Waals surface area (Å²) in [5.74, 6) is -0.482. The van der Waals surface area contributed by atoms with Crippen LogP contribution in [0.25, 0.3) is 0 Å². The lowest BCUT2D eigenvalue weighted by Gasteiger charge is -2.31. The average Bonchev–Trinajstić information content (AvgIpc) is 2.85. The smallest absolute Gasteiger partial charge is 0.224 e. The summed E-state index contributed by atoms with van der Waals surface area (Å²) in [5, 5.41) is 3.66. The number of halogens is 1. The quantitative estimate of drug-likeness (QED) is 0.586. The van der Waals surface area contributed by atoms with Crippen molar-refractivity contribution in [1.82, 2.24) is 14.5 Å². The third kappa shape index (κ3) is 6.81. The number of carbonyl (C=O) groups is 1. The number of sulfonamides is 1. The number of nitrogens with one attached hydrogen (secondary N) is 1. The molecule has 2 aromatic carbocycles. The van der Waals surface area contributed by atoms with Gasteiger partial charge in [0, 0.05) is 31.2 Å². The molecule has 6 nitrogen and oxygen atoms in total. The van der Waals surface area contributed by atoms with Crippen LogP contribution >= 0.6 is 11.6 Å². The highest BCUT2D eigenvalue weighted by Gasteiger charge is 2.32. The third-order valence-corrected chi connectivity index (χ3v) is 8.89. The van der Waals surface area contributed by atoms with Gasteiger partial charge in [-0.25, -0.2) is 12.7 Å². The van der Waals surface area contributed by atoms with Gasteiger partial charge in [-0.15, -0.1) is 0 Å². The molecule has 1 atom stereocenters. The van der Waals surface area contributed by atoms with Crippen LogP contribution in [0.1, 0.15) is 48.8 Å². The second kappa shape index (κ2) is 11.7. The van der Waals surface area contributed by atoms with E-state index in [0.717, 1.165) is 25.2 Å². The molecule has 0 aromatic heterocycles. The van der Waals surface area contributed by atoms with Crippen molar-refractivity contribution in [3.8, 4) is 0 Å². The van der Waals surface area contributed by atoms with E-state index < -0.39 is 10.0 Å². The molecule has 184 valence electrons. The summed E-state index contributed by atoms with van der Waals surface area (Å²) in [6, 6.07) is 15.1. The molecule has 1 amide bonds. The van der Waals surface area contributed by atoms with E-state index in [1.54, 1.807) is 24.3 Å². The minimum atomic E-state index is -3.50. The van der Waals surface area contributed by atoms with Crippen molar-refractivity contribution >= 4 is 27.5 Å². The summed E-state index contributed by atoms with van der Waals surface area (Å²) < 4.78 is 27.4. The first-order chi connectivity index (χ1) is 16.4. The molecule has 2 saturated heterocycles. The summed E-state index contributed by atoms with van der Waals surface area (Å²) in [5.41, 5.74) is 3.08. The first-order valence-corrected chi connectivity index (χ1v) is 14.2. The fraction of sp³-hybridized carbons (Fsp3) is 0.500. The van der Waals surface area contributed by atoms with Gasteiger partial charge in [0.2, 0.25) is 15.9 Å². The molecule has 34 heavy (non-hydrogen) atoms. The molecule has 8 heteroatoms. The zero-order valence-corrected chi connectivity index (χ0v) is 21.2. The maximum absolute atomic E-state index is 13.0. The van der Waals surface area contributed by atoms with Crippen molar-refractivity contribution in [3.63, 3.8) is 0 Å². The highest BCUT2D eigenvalue weighted by Crippen LogP contribution is 2.23. The van der Waals surface area contributed by atoms with Gasteiger partial charge in [-0.1, -0.05) is 54.4 Å². The van der Waals surface area contributed by atoms with E-state index in [2.05, 4.69) is 28.4 Å². The van der Waals surface area contributed by atoms with Crippen LogP contribution < -0.4 is 5.32 Å². The Hall–Kier alpha value is -1.93. The molecule has 1 N–H and O–H groups in total. The van der Waals surface area contributed by atoms with Gasteiger partial charge in [0.05, 0.1) is 11.7 Å². The van der Waals surface area contributed by atoms with Crippen LogP contribution in [0.5, 0.6) is 0 Å². The topological polar surface area (TPSA) is 69.7 Å². The van der Waals surface area contributed by atoms with Crippen molar-refractivity contribution in [2.75, 3.05) is 26.2 Å². The molecule has 0 spiro atoms. The minimum absolute atomic E-state index is 0.0702. The Morgan fingerprint density at radius 3 is 2.38 bits per heavy atom. The number of amides is 1. The fourth-order valence-corrected chi connectivity index (χ4v) is 6.60. The molecular weight excluding hydrogens is 470 g/mol. The van der Waals surface area contributed by atoms with E-state index in [1.807, 2.05) is 6.07 Å². The highest BCUT2D eigenvalue weighted by molar-refractivity contribution is 7.88. The second-order valence-corrected chi connectivity index (χ2v) is 11.8. The molecule has 2 aliphatic rings. The van der Waals surface area contributed by atoms with Gasteiger partial charge in [-0.2, -0.15) is 0 Å². The van der Waals surface area contributed by atoms with Crippen molar-refractivity contribution in [3.05, 3.63) is 70.2 Å². The van der Waals surface area contributed by atoms with Crippen molar-refractivity contribution in [2.45, 2.75) is 50.9 Å². The number of benzene rings is 2. The number of carbonyl (C=O) groups excluding carboxylic acids is 1. The number of nitrogens with zero attached hydrogens (tertiary/aromatic N) is 2. The Labute approximate surface area is 208 Å². The Morgan fingerprint density at radius 1 is 0.941 bits per heavy atom. The summed E-state index contributed by atoms with van der Waals surface area (Å²) >= 11 is 5.91. The largest absolute Gasteiger partial charge is 0.352 e. The number of hydrogen-bond acceptors (Lipinski definition) is 4. The van der Waals surface area contributed by atoms with Gasteiger partial charge < -0.3 is 5.32 Å². The van der Waals surface area contributed by atoms with Crippen LogP contribution in [0.3, 0.4) is 0 Å². The first kappa shape index (κ1) is 25.2. The van der Waals surface area contributed by atoms with Crippen LogP contribution in [0.2, 0.25) is 5.02 Å². The van der Waals surface area contributed by atoms with E-state index >= 15 is 0 Å². The third-order valence-electron chi connectivity index (χ3n) is 6.82. The van der Waals surface area contributed by atoms with Crippen LogP contribution in [0, 0.1) is 5.92 Å². The lowest BCUT2D eigenvalue weighted by atomic mass is 9.98. The molecular formula is C26H34ClN3O3S. The molecule has 0 unspecified atom stereocenters. The van der Waals surface area contributed by atoms with Crippen molar-refractivity contribution < 1.29 is 13.2 Å². The number of hydrogen-bond donors (Lipinski definition) is 1. The van der Waals surface area contributed by atoms with Crippen LogP contribution in [-0.2, 0) is 33.7 Å². The predicted molar refractivity (Wildman–Crippen MR) is 136 cm³/mol. The second-order valence-electron chi connectivity index (χ2n) is 9.40. The average molecular weight is 504 g/mol. The Bertz CT molecular complexity index is 1070. The lowest BCUT2D eigenvalue weighted by Crippen LogP contribution is -2.45. The fourth-order valence-electron chi connectivity index (χ4n) is 4.86. The van der Waals surface area contributed by atoms with Crippen molar-refractivity contribution in [2.24, 2.45) is 5.92 Å². The Morgan fingerprint density at radius 2 is 1.65 bits per heavy atom. The van der Waals surface area contributed by atoms with Gasteiger partial charge in [0.25, 0.3) is 0 Å². The number of rotatable bonds is 8. The summed E-state index contributed by atoms with van der Waals surface area (Å²) in [4.78, 5) is 15.5. The van der Waals surface area contributed by atoms with E-state index in [9.17, 15) is 13.2 Å². The SMILES string of the molecule is O=C(NCc1ccccc1CN1CCCCC1)[C@H]1CCCN(S(=O)(=O)Cc2ccc(Cl)cc2)C1. The van der Waals surface area contributed by atoms with Gasteiger partial charge in [0.1, 0.15) is 0 Å². The van der Waals surface area contributed by atoms with Gasteiger partial charge in [-0.3, -0.25) is 9.69 Å². The molecule has 2 aromatic rings. The Balaban J connectivity index is 1.33. The van der Waals surface area contributed by atoms with Crippen LogP contribution in [0.4, 0.5) is 0 Å². The maximum atomic E-state index is 13.0. The molecule has 2 heterocycles. The van der Waals surface area contributed by atoms with Crippen molar-refractivity contribution in [1.29, 1.82) is 0 Å². The van der Waals surface area contributed by atoms with E-state index in [-0.39, 0.29) is 24.1 Å². The van der Waals surface area contributed by atoms with E-state index in [0.29, 0.717) is 36.5 Å². The molecule has 0 bridgehead atoms. The van der Waals surface area contributed by atoms with E-state index in [1.165, 1.54) is 29.1 Å². The number of likely N-dealkylation sites (tertiary alicyclic amines) is 1. The molecule has 2 aliphatic heterocycles. The van der Waals surface area contributed by atoms with E-state index in [4.69, 9.17) is 11.6 Å². The summed E-state index contributed by atoms with van der Waals surface area (Å²) in [7, 11) is -3.50. The Kier molecular flexibility index (Phi) is 8.64. The molecule has 0 aliphatic carbocycles. The molecule has 0 radical (unpaired) electrons. The zero-order chi connectivity index (χ0) is 24.0.